The van der Waals surface area contributed by atoms with Crippen LogP contribution < -0.4 is 0 Å². The van der Waals surface area contributed by atoms with Gasteiger partial charge in [0.1, 0.15) is 11.6 Å². The first kappa shape index (κ1) is 25.1. The molecule has 12 heteroatoms. The lowest BCUT2D eigenvalue weighted by molar-refractivity contribution is -0.138. The van der Waals surface area contributed by atoms with Gasteiger partial charge < -0.3 is 4.90 Å². The Hall–Kier alpha value is -3.57. The number of aryl methyl sites for hydroxylation is 1. The number of hydrogen-bond acceptors (Lipinski definition) is 5. The maximum atomic E-state index is 14.7. The van der Waals surface area contributed by atoms with Crippen LogP contribution in [0, 0.1) is 5.82 Å². The lowest BCUT2D eigenvalue weighted by Gasteiger charge is -2.30. The lowest BCUT2D eigenvalue weighted by Crippen LogP contribution is -2.42. The van der Waals surface area contributed by atoms with Crippen LogP contribution in [0.3, 0.4) is 0 Å². The highest BCUT2D eigenvalue weighted by Gasteiger charge is 2.32. The topological polar surface area (TPSA) is 71.9 Å². The van der Waals surface area contributed by atoms with Crippen molar-refractivity contribution in [2.24, 2.45) is 0 Å². The van der Waals surface area contributed by atoms with E-state index in [0.29, 0.717) is 12.4 Å². The van der Waals surface area contributed by atoms with Crippen molar-refractivity contribution >= 4 is 5.91 Å². The molecule has 0 aliphatic carbocycles. The van der Waals surface area contributed by atoms with Gasteiger partial charge in [0.2, 0.25) is 0 Å². The second-order valence-corrected chi connectivity index (χ2v) is 7.36. The molecular formula is C22H19F6N5O. The van der Waals surface area contributed by atoms with Crippen LogP contribution in [0.2, 0.25) is 0 Å². The molecule has 180 valence electrons. The van der Waals surface area contributed by atoms with E-state index in [1.807, 2.05) is 0 Å². The lowest BCUT2D eigenvalue weighted by atomic mass is 10.0. The standard InChI is InChI=1S/C22H19F6N5O/c1-13(6-7-18-31-10-14(11-32-18)22(26,27)28)33(12-17(24)25)21(34)19-15(4-2-5-16(19)23)20-29-8-3-9-30-20/h2-5,8-11,13,17H,6-7,12H2,1H3/t13-/m0/s1. The second-order valence-electron chi connectivity index (χ2n) is 7.36. The van der Waals surface area contributed by atoms with Crippen molar-refractivity contribution in [1.82, 2.24) is 24.8 Å². The number of hydrogen-bond donors (Lipinski definition) is 0. The fraction of sp³-hybridized carbons (Fsp3) is 0.318. The quantitative estimate of drug-likeness (QED) is 0.430. The van der Waals surface area contributed by atoms with Gasteiger partial charge in [-0.25, -0.2) is 33.1 Å². The van der Waals surface area contributed by atoms with Gasteiger partial charge in [0.25, 0.3) is 12.3 Å². The summed E-state index contributed by atoms with van der Waals surface area (Å²) in [5.41, 5.74) is -1.43. The first-order valence-electron chi connectivity index (χ1n) is 10.1. The Kier molecular flexibility index (Phi) is 7.79. The SMILES string of the molecule is C[C@@H](CCc1ncc(C(F)(F)F)cn1)N(CC(F)F)C(=O)c1c(F)cccc1-c1ncccn1. The van der Waals surface area contributed by atoms with Crippen LogP contribution >= 0.6 is 0 Å². The van der Waals surface area contributed by atoms with Gasteiger partial charge in [-0.2, -0.15) is 13.2 Å². The Labute approximate surface area is 190 Å². The van der Waals surface area contributed by atoms with Crippen molar-refractivity contribution in [2.45, 2.75) is 38.4 Å². The molecule has 0 N–H and O–H groups in total. The van der Waals surface area contributed by atoms with Gasteiger partial charge in [-0.1, -0.05) is 12.1 Å². The summed E-state index contributed by atoms with van der Waals surface area (Å²) in [4.78, 5) is 29.4. The molecule has 1 amide bonds. The van der Waals surface area contributed by atoms with Crippen molar-refractivity contribution in [1.29, 1.82) is 0 Å². The smallest absolute Gasteiger partial charge is 0.330 e. The van der Waals surface area contributed by atoms with Crippen LogP contribution in [0.4, 0.5) is 26.3 Å². The third kappa shape index (κ3) is 6.06. The molecule has 0 saturated heterocycles. The average Bonchev–Trinajstić information content (AvgIpc) is 2.80. The molecule has 3 rings (SSSR count). The van der Waals surface area contributed by atoms with E-state index in [1.54, 1.807) is 0 Å². The highest BCUT2D eigenvalue weighted by atomic mass is 19.4. The van der Waals surface area contributed by atoms with Crippen LogP contribution in [0.25, 0.3) is 11.4 Å². The highest BCUT2D eigenvalue weighted by molar-refractivity contribution is 6.00. The van der Waals surface area contributed by atoms with Crippen LogP contribution in [0.1, 0.15) is 35.1 Å². The monoisotopic (exact) mass is 483 g/mol. The molecule has 0 saturated carbocycles. The number of carbonyl (C=O) groups is 1. The first-order valence-corrected chi connectivity index (χ1v) is 10.1. The number of alkyl halides is 5. The zero-order chi connectivity index (χ0) is 24.9. The van der Waals surface area contributed by atoms with Crippen LogP contribution in [-0.4, -0.2) is 49.8 Å². The normalized spacial score (nSPS) is 12.6. The molecule has 6 nitrogen and oxygen atoms in total. The maximum Gasteiger partial charge on any atom is 0.419 e. The van der Waals surface area contributed by atoms with Crippen molar-refractivity contribution in [3.05, 3.63) is 71.8 Å². The fourth-order valence-electron chi connectivity index (χ4n) is 3.25. The molecule has 0 unspecified atom stereocenters. The fourth-order valence-corrected chi connectivity index (χ4v) is 3.25. The number of aromatic nitrogens is 4. The molecular weight excluding hydrogens is 464 g/mol. The summed E-state index contributed by atoms with van der Waals surface area (Å²) >= 11 is 0. The second kappa shape index (κ2) is 10.6. The van der Waals surface area contributed by atoms with Crippen molar-refractivity contribution in [3.8, 4) is 11.4 Å². The molecule has 0 spiro atoms. The summed E-state index contributed by atoms with van der Waals surface area (Å²) in [5, 5.41) is 0. The summed E-state index contributed by atoms with van der Waals surface area (Å²) in [6.07, 6.45) is -3.39. The number of rotatable bonds is 8. The Bertz CT molecular complexity index is 1110. The molecule has 3 aromatic rings. The molecule has 0 aliphatic heterocycles. The number of nitrogens with zero attached hydrogens (tertiary/aromatic N) is 5. The number of carbonyl (C=O) groups excluding carboxylic acids is 1. The van der Waals surface area contributed by atoms with Crippen LogP contribution in [-0.2, 0) is 12.6 Å². The number of halogens is 6. The van der Waals surface area contributed by atoms with E-state index in [0.717, 1.165) is 11.0 Å². The van der Waals surface area contributed by atoms with Gasteiger partial charge in [0.15, 0.2) is 5.82 Å². The molecule has 1 aromatic carbocycles. The molecule has 0 radical (unpaired) electrons. The Balaban J connectivity index is 1.84. The van der Waals surface area contributed by atoms with E-state index in [-0.39, 0.29) is 30.1 Å². The van der Waals surface area contributed by atoms with Crippen molar-refractivity contribution in [2.75, 3.05) is 6.54 Å². The minimum absolute atomic E-state index is 0.0122. The predicted octanol–water partition coefficient (Wildman–Crippen LogP) is 4.82. The molecule has 2 aromatic heterocycles. The van der Waals surface area contributed by atoms with E-state index >= 15 is 0 Å². The Morgan fingerprint density at radius 2 is 1.68 bits per heavy atom. The van der Waals surface area contributed by atoms with Gasteiger partial charge in [0.05, 0.1) is 17.7 Å². The van der Waals surface area contributed by atoms with E-state index < -0.39 is 48.0 Å². The van der Waals surface area contributed by atoms with Gasteiger partial charge in [-0.3, -0.25) is 4.79 Å². The molecule has 0 bridgehead atoms. The first-order chi connectivity index (χ1) is 16.1. The van der Waals surface area contributed by atoms with E-state index in [2.05, 4.69) is 19.9 Å². The largest absolute Gasteiger partial charge is 0.419 e. The van der Waals surface area contributed by atoms with E-state index in [4.69, 9.17) is 0 Å². The third-order valence-electron chi connectivity index (χ3n) is 4.98. The summed E-state index contributed by atoms with van der Waals surface area (Å²) < 4.78 is 79.4. The molecule has 1 atom stereocenters. The van der Waals surface area contributed by atoms with Crippen LogP contribution in [0.15, 0.2) is 49.1 Å². The van der Waals surface area contributed by atoms with Gasteiger partial charge >= 0.3 is 6.18 Å². The molecule has 0 fully saturated rings. The Morgan fingerprint density at radius 1 is 1.03 bits per heavy atom. The molecule has 34 heavy (non-hydrogen) atoms. The van der Waals surface area contributed by atoms with Crippen LogP contribution in [0.5, 0.6) is 0 Å². The van der Waals surface area contributed by atoms with Gasteiger partial charge in [-0.15, -0.1) is 0 Å². The van der Waals surface area contributed by atoms with E-state index in [1.165, 1.54) is 37.5 Å². The summed E-state index contributed by atoms with van der Waals surface area (Å²) in [7, 11) is 0. The number of benzene rings is 1. The molecule has 2 heterocycles. The number of amides is 1. The highest BCUT2D eigenvalue weighted by Crippen LogP contribution is 2.28. The van der Waals surface area contributed by atoms with Crippen molar-refractivity contribution < 1.29 is 31.1 Å². The van der Waals surface area contributed by atoms with Gasteiger partial charge in [0, 0.05) is 42.8 Å². The summed E-state index contributed by atoms with van der Waals surface area (Å²) in [5.74, 6) is -1.81. The average molecular weight is 483 g/mol. The molecule has 0 aliphatic rings. The third-order valence-corrected chi connectivity index (χ3v) is 4.98. The Morgan fingerprint density at radius 3 is 2.26 bits per heavy atom. The maximum absolute atomic E-state index is 14.7. The summed E-state index contributed by atoms with van der Waals surface area (Å²) in [6, 6.07) is 4.48. The zero-order valence-electron chi connectivity index (χ0n) is 17.8. The summed E-state index contributed by atoms with van der Waals surface area (Å²) in [6.45, 7) is 0.501. The minimum Gasteiger partial charge on any atom is -0.330 e. The zero-order valence-corrected chi connectivity index (χ0v) is 17.8. The predicted molar refractivity (Wildman–Crippen MR) is 109 cm³/mol. The van der Waals surface area contributed by atoms with Gasteiger partial charge in [-0.05, 0) is 25.5 Å². The van der Waals surface area contributed by atoms with Crippen molar-refractivity contribution in [3.63, 3.8) is 0 Å². The minimum atomic E-state index is -4.59. The van der Waals surface area contributed by atoms with E-state index in [9.17, 15) is 31.1 Å².